The maximum Gasteiger partial charge on any atom is 0.336 e. The van der Waals surface area contributed by atoms with E-state index in [1.807, 2.05) is 6.07 Å². The van der Waals surface area contributed by atoms with Gasteiger partial charge in [-0.1, -0.05) is 12.1 Å². The number of carboxylic acid groups (broad SMARTS) is 1. The Labute approximate surface area is 88.4 Å². The molecule has 0 aromatic heterocycles. The number of carbonyl (C=O) groups is 1. The number of benzene rings is 1. The van der Waals surface area contributed by atoms with E-state index in [0.29, 0.717) is 18.8 Å². The first-order valence-corrected chi connectivity index (χ1v) is 4.52. The standard InChI is InChI=1S/C11H14O4/c1-14-6-8-3-4-9(7-15-2)10(5-8)11(12)13/h3-5H,6-7H2,1-2H3,(H,12,13). The van der Waals surface area contributed by atoms with Gasteiger partial charge in [-0.25, -0.2) is 4.79 Å². The van der Waals surface area contributed by atoms with E-state index in [1.165, 1.54) is 7.11 Å². The summed E-state index contributed by atoms with van der Waals surface area (Å²) in [4.78, 5) is 11.0. The van der Waals surface area contributed by atoms with Gasteiger partial charge in [0.15, 0.2) is 0 Å². The van der Waals surface area contributed by atoms with Crippen LogP contribution in [0.4, 0.5) is 0 Å². The molecule has 0 radical (unpaired) electrons. The lowest BCUT2D eigenvalue weighted by atomic mass is 10.0. The quantitative estimate of drug-likeness (QED) is 0.803. The fraction of sp³-hybridized carbons (Fsp3) is 0.364. The molecule has 0 unspecified atom stereocenters. The van der Waals surface area contributed by atoms with E-state index in [0.717, 1.165) is 5.56 Å². The van der Waals surface area contributed by atoms with Gasteiger partial charge in [0.2, 0.25) is 0 Å². The average molecular weight is 210 g/mol. The summed E-state index contributed by atoms with van der Waals surface area (Å²) in [6.07, 6.45) is 0. The molecule has 0 aliphatic carbocycles. The third-order valence-electron chi connectivity index (χ3n) is 2.02. The molecule has 0 bridgehead atoms. The molecule has 0 amide bonds. The molecule has 0 atom stereocenters. The Morgan fingerprint density at radius 3 is 2.47 bits per heavy atom. The van der Waals surface area contributed by atoms with E-state index in [2.05, 4.69) is 0 Å². The Morgan fingerprint density at radius 1 is 1.27 bits per heavy atom. The summed E-state index contributed by atoms with van der Waals surface area (Å²) in [5, 5.41) is 8.99. The van der Waals surface area contributed by atoms with E-state index in [-0.39, 0.29) is 5.56 Å². The Balaban J connectivity index is 3.03. The van der Waals surface area contributed by atoms with Crippen LogP contribution in [0.1, 0.15) is 21.5 Å². The lowest BCUT2D eigenvalue weighted by Crippen LogP contribution is -2.05. The van der Waals surface area contributed by atoms with Gasteiger partial charge in [0.05, 0.1) is 18.8 Å². The lowest BCUT2D eigenvalue weighted by Gasteiger charge is -2.07. The molecule has 0 aliphatic rings. The number of carboxylic acids is 1. The van der Waals surface area contributed by atoms with Crippen molar-refractivity contribution in [1.29, 1.82) is 0 Å². The molecule has 1 N–H and O–H groups in total. The molecule has 0 saturated heterocycles. The van der Waals surface area contributed by atoms with Crippen LogP contribution in [0.5, 0.6) is 0 Å². The maximum atomic E-state index is 11.0. The smallest absolute Gasteiger partial charge is 0.336 e. The molecule has 0 aliphatic heterocycles. The van der Waals surface area contributed by atoms with Crippen molar-refractivity contribution < 1.29 is 19.4 Å². The first-order chi connectivity index (χ1) is 7.19. The number of aromatic carboxylic acids is 1. The Kier molecular flexibility index (Phi) is 4.27. The van der Waals surface area contributed by atoms with Gasteiger partial charge in [0.1, 0.15) is 0 Å². The van der Waals surface area contributed by atoms with Crippen molar-refractivity contribution in [3.8, 4) is 0 Å². The Morgan fingerprint density at radius 2 is 1.93 bits per heavy atom. The minimum absolute atomic E-state index is 0.270. The van der Waals surface area contributed by atoms with Gasteiger partial charge in [-0.3, -0.25) is 0 Å². The van der Waals surface area contributed by atoms with Crippen molar-refractivity contribution in [3.63, 3.8) is 0 Å². The van der Waals surface area contributed by atoms with Crippen LogP contribution in [0.15, 0.2) is 18.2 Å². The highest BCUT2D eigenvalue weighted by Gasteiger charge is 2.10. The molecule has 0 saturated carbocycles. The molecule has 0 heterocycles. The van der Waals surface area contributed by atoms with Crippen LogP contribution in [0.25, 0.3) is 0 Å². The molecule has 1 aromatic rings. The van der Waals surface area contributed by atoms with Crippen molar-refractivity contribution in [1.82, 2.24) is 0 Å². The number of hydrogen-bond donors (Lipinski definition) is 1. The third kappa shape index (κ3) is 3.04. The van der Waals surface area contributed by atoms with Crippen molar-refractivity contribution in [3.05, 3.63) is 34.9 Å². The number of hydrogen-bond acceptors (Lipinski definition) is 3. The SMILES string of the molecule is COCc1ccc(COC)c(C(=O)O)c1. The van der Waals surface area contributed by atoms with E-state index < -0.39 is 5.97 Å². The van der Waals surface area contributed by atoms with Gasteiger partial charge in [-0.05, 0) is 17.2 Å². The fourth-order valence-electron chi connectivity index (χ4n) is 1.36. The van der Waals surface area contributed by atoms with Crippen LogP contribution in [0, 0.1) is 0 Å². The van der Waals surface area contributed by atoms with Crippen molar-refractivity contribution in [2.75, 3.05) is 14.2 Å². The molecule has 0 spiro atoms. The number of ether oxygens (including phenoxy) is 2. The lowest BCUT2D eigenvalue weighted by molar-refractivity contribution is 0.0691. The summed E-state index contributed by atoms with van der Waals surface area (Å²) in [5.74, 6) is -0.944. The highest BCUT2D eigenvalue weighted by Crippen LogP contribution is 2.14. The van der Waals surface area contributed by atoms with Crippen LogP contribution >= 0.6 is 0 Å². The zero-order valence-electron chi connectivity index (χ0n) is 8.82. The predicted molar refractivity (Wildman–Crippen MR) is 54.8 cm³/mol. The predicted octanol–water partition coefficient (Wildman–Crippen LogP) is 1.68. The minimum atomic E-state index is -0.944. The van der Waals surface area contributed by atoms with Gasteiger partial charge in [-0.2, -0.15) is 0 Å². The highest BCUT2D eigenvalue weighted by molar-refractivity contribution is 5.89. The molecular weight excluding hydrogens is 196 g/mol. The van der Waals surface area contributed by atoms with E-state index in [9.17, 15) is 4.79 Å². The van der Waals surface area contributed by atoms with Crippen LogP contribution in [0.3, 0.4) is 0 Å². The molecular formula is C11H14O4. The highest BCUT2D eigenvalue weighted by atomic mass is 16.5. The molecule has 0 fully saturated rings. The van der Waals surface area contributed by atoms with Crippen LogP contribution in [0.2, 0.25) is 0 Å². The van der Waals surface area contributed by atoms with E-state index in [4.69, 9.17) is 14.6 Å². The molecule has 15 heavy (non-hydrogen) atoms. The Bertz CT molecular complexity index is 346. The van der Waals surface area contributed by atoms with Crippen LogP contribution < -0.4 is 0 Å². The second-order valence-electron chi connectivity index (χ2n) is 3.16. The monoisotopic (exact) mass is 210 g/mol. The summed E-state index contributed by atoms with van der Waals surface area (Å²) >= 11 is 0. The molecule has 1 rings (SSSR count). The van der Waals surface area contributed by atoms with Gasteiger partial charge < -0.3 is 14.6 Å². The zero-order valence-corrected chi connectivity index (χ0v) is 8.82. The normalized spacial score (nSPS) is 10.3. The maximum absolute atomic E-state index is 11.0. The number of methoxy groups -OCH3 is 2. The summed E-state index contributed by atoms with van der Waals surface area (Å²) < 4.78 is 9.86. The van der Waals surface area contributed by atoms with E-state index >= 15 is 0 Å². The average Bonchev–Trinajstić information content (AvgIpc) is 2.21. The Hall–Kier alpha value is -1.39. The van der Waals surface area contributed by atoms with Gasteiger partial charge in [-0.15, -0.1) is 0 Å². The molecule has 1 aromatic carbocycles. The molecule has 82 valence electrons. The second kappa shape index (κ2) is 5.48. The summed E-state index contributed by atoms with van der Waals surface area (Å²) in [7, 11) is 3.11. The van der Waals surface area contributed by atoms with Crippen LogP contribution in [-0.4, -0.2) is 25.3 Å². The topological polar surface area (TPSA) is 55.8 Å². The van der Waals surface area contributed by atoms with E-state index in [1.54, 1.807) is 19.2 Å². The van der Waals surface area contributed by atoms with Gasteiger partial charge in [0, 0.05) is 14.2 Å². The van der Waals surface area contributed by atoms with Crippen molar-refractivity contribution >= 4 is 5.97 Å². The summed E-state index contributed by atoms with van der Waals surface area (Å²) in [6, 6.07) is 5.20. The van der Waals surface area contributed by atoms with Gasteiger partial charge >= 0.3 is 5.97 Å². The fourth-order valence-corrected chi connectivity index (χ4v) is 1.36. The first kappa shape index (κ1) is 11.7. The summed E-state index contributed by atoms with van der Waals surface area (Å²) in [5.41, 5.74) is 1.78. The van der Waals surface area contributed by atoms with Crippen molar-refractivity contribution in [2.24, 2.45) is 0 Å². The minimum Gasteiger partial charge on any atom is -0.478 e. The first-order valence-electron chi connectivity index (χ1n) is 4.52. The van der Waals surface area contributed by atoms with Crippen LogP contribution in [-0.2, 0) is 22.7 Å². The third-order valence-corrected chi connectivity index (χ3v) is 2.02. The largest absolute Gasteiger partial charge is 0.478 e. The molecule has 4 heteroatoms. The number of rotatable bonds is 5. The second-order valence-corrected chi connectivity index (χ2v) is 3.16. The molecule has 4 nitrogen and oxygen atoms in total. The van der Waals surface area contributed by atoms with Gasteiger partial charge in [0.25, 0.3) is 0 Å². The summed E-state index contributed by atoms with van der Waals surface area (Å²) in [6.45, 7) is 0.711. The zero-order chi connectivity index (χ0) is 11.3. The van der Waals surface area contributed by atoms with Crippen molar-refractivity contribution in [2.45, 2.75) is 13.2 Å².